The maximum Gasteiger partial charge on any atom is 0.323 e. The molecule has 0 spiro atoms. The minimum atomic E-state index is -0.399. The fraction of sp³-hybridized carbons (Fsp3) is 0.500. The smallest absolute Gasteiger partial charge is 0.323 e. The van der Waals surface area contributed by atoms with Gasteiger partial charge in [0.05, 0.1) is 0 Å². The number of hydrogen-bond donors (Lipinski definition) is 2. The molecule has 0 saturated carbocycles. The van der Waals surface area contributed by atoms with Gasteiger partial charge in [-0.1, -0.05) is 12.1 Å². The zero-order valence-corrected chi connectivity index (χ0v) is 16.6. The number of hydrogen-bond acceptors (Lipinski definition) is 3. The molecular weight excluding hydrogens is 387 g/mol. The molecule has 3 saturated heterocycles. The molecule has 2 N–H and O–H groups in total. The van der Waals surface area contributed by atoms with E-state index in [0.29, 0.717) is 25.9 Å². The van der Waals surface area contributed by atoms with Crippen LogP contribution in [0, 0.1) is 17.7 Å². The second kappa shape index (κ2) is 7.41. The summed E-state index contributed by atoms with van der Waals surface area (Å²) in [5.74, 6) is 0.0612. The highest BCUT2D eigenvalue weighted by molar-refractivity contribution is 5.92. The van der Waals surface area contributed by atoms with Crippen molar-refractivity contribution in [1.82, 2.24) is 19.8 Å². The molecule has 3 aliphatic rings. The lowest BCUT2D eigenvalue weighted by Gasteiger charge is -2.56. The molecule has 1 aromatic carbocycles. The highest BCUT2D eigenvalue weighted by Gasteiger charge is 2.50. The van der Waals surface area contributed by atoms with Crippen molar-refractivity contribution in [3.63, 3.8) is 0 Å². The van der Waals surface area contributed by atoms with Crippen LogP contribution in [0.1, 0.15) is 41.7 Å². The van der Waals surface area contributed by atoms with E-state index in [9.17, 15) is 18.8 Å². The van der Waals surface area contributed by atoms with E-state index >= 15 is 0 Å². The van der Waals surface area contributed by atoms with Crippen LogP contribution in [-0.2, 0) is 11.2 Å². The number of likely N-dealkylation sites (tertiary alicyclic amines) is 1. The third-order valence-corrected chi connectivity index (χ3v) is 6.94. The van der Waals surface area contributed by atoms with Crippen LogP contribution in [0.15, 0.2) is 35.3 Å². The van der Waals surface area contributed by atoms with Crippen LogP contribution < -0.4 is 5.69 Å². The van der Waals surface area contributed by atoms with Crippen LogP contribution in [0.25, 0.3) is 0 Å². The fourth-order valence-electron chi connectivity index (χ4n) is 5.73. The van der Waals surface area contributed by atoms with Crippen molar-refractivity contribution < 1.29 is 14.0 Å². The van der Waals surface area contributed by atoms with Crippen molar-refractivity contribution in [1.29, 1.82) is 0 Å². The SMILES string of the molecule is O=C(c1c[nH]c(=O)[nH]1)N1C[C@H]2C[C@@H](C1)[C@H](Cc1cccc(F)c1)N1C(=O)CCC[C@@H]21. The molecule has 7 nitrogen and oxygen atoms in total. The predicted molar refractivity (Wildman–Crippen MR) is 107 cm³/mol. The fourth-order valence-corrected chi connectivity index (χ4v) is 5.73. The minimum Gasteiger partial charge on any atom is -0.337 e. The van der Waals surface area contributed by atoms with Crippen molar-refractivity contribution in [2.24, 2.45) is 11.8 Å². The second-order valence-electron chi connectivity index (χ2n) is 8.78. The Hall–Kier alpha value is -2.90. The number of rotatable bonds is 3. The lowest BCUT2D eigenvalue weighted by Crippen LogP contribution is -2.66. The van der Waals surface area contributed by atoms with Crippen LogP contribution in [0.3, 0.4) is 0 Å². The summed E-state index contributed by atoms with van der Waals surface area (Å²) in [5.41, 5.74) is 0.732. The number of piperidine rings is 3. The standard InChI is InChI=1S/C22H25FN4O3/c23-16-4-1-3-13(7-16)8-19-15-9-14(18-5-2-6-20(28)27(18)19)11-26(12-15)21(29)17-10-24-22(30)25-17/h1,3-4,7,10,14-15,18-19H,2,5-6,8-9,11-12H2,(H2,24,25,30)/t14-,15+,18+,19+/m1/s1. The maximum atomic E-state index is 13.8. The summed E-state index contributed by atoms with van der Waals surface area (Å²) in [4.78, 5) is 46.2. The number of nitrogens with one attached hydrogen (secondary N) is 2. The van der Waals surface area contributed by atoms with Gasteiger partial charge in [0.25, 0.3) is 5.91 Å². The minimum absolute atomic E-state index is 0.0540. The number of imidazole rings is 1. The first-order valence-corrected chi connectivity index (χ1v) is 10.6. The average molecular weight is 412 g/mol. The molecule has 8 heteroatoms. The number of fused-ring (bicyclic) bond motifs is 4. The summed E-state index contributed by atoms with van der Waals surface area (Å²) in [7, 11) is 0. The van der Waals surface area contributed by atoms with E-state index in [2.05, 4.69) is 14.9 Å². The first kappa shape index (κ1) is 19.1. The monoisotopic (exact) mass is 412 g/mol. The van der Waals surface area contributed by atoms with Crippen molar-refractivity contribution in [3.05, 3.63) is 58.0 Å². The third-order valence-electron chi connectivity index (χ3n) is 6.94. The van der Waals surface area contributed by atoms with E-state index in [0.717, 1.165) is 24.8 Å². The zero-order valence-electron chi connectivity index (χ0n) is 16.6. The highest BCUT2D eigenvalue weighted by Crippen LogP contribution is 2.42. The molecule has 2 bridgehead atoms. The molecule has 158 valence electrons. The molecule has 3 fully saturated rings. The Balaban J connectivity index is 1.45. The van der Waals surface area contributed by atoms with Crippen LogP contribution >= 0.6 is 0 Å². The molecule has 0 aliphatic carbocycles. The molecule has 2 amide bonds. The van der Waals surface area contributed by atoms with Gasteiger partial charge in [-0.05, 0) is 55.2 Å². The Morgan fingerprint density at radius 2 is 2.03 bits per heavy atom. The van der Waals surface area contributed by atoms with E-state index < -0.39 is 5.69 Å². The number of benzene rings is 1. The summed E-state index contributed by atoms with van der Waals surface area (Å²) in [6.07, 6.45) is 5.32. The molecule has 4 atom stereocenters. The van der Waals surface area contributed by atoms with E-state index in [1.165, 1.54) is 18.3 Å². The zero-order chi connectivity index (χ0) is 20.8. The molecule has 1 aromatic heterocycles. The summed E-state index contributed by atoms with van der Waals surface area (Å²) < 4.78 is 13.8. The number of carbonyl (C=O) groups excluding carboxylic acids is 2. The molecule has 30 heavy (non-hydrogen) atoms. The number of nitrogens with zero attached hydrogens (tertiary/aromatic N) is 2. The molecule has 0 radical (unpaired) electrons. The number of aromatic amines is 2. The number of H-pyrrole nitrogens is 2. The van der Waals surface area contributed by atoms with Crippen LogP contribution in [0.5, 0.6) is 0 Å². The predicted octanol–water partition coefficient (Wildman–Crippen LogP) is 1.93. The van der Waals surface area contributed by atoms with Crippen LogP contribution in [0.4, 0.5) is 4.39 Å². The first-order valence-electron chi connectivity index (χ1n) is 10.6. The Bertz CT molecular complexity index is 1030. The van der Waals surface area contributed by atoms with Crippen molar-refractivity contribution >= 4 is 11.8 Å². The Kier molecular flexibility index (Phi) is 4.72. The first-order chi connectivity index (χ1) is 14.5. The number of aromatic nitrogens is 2. The van der Waals surface area contributed by atoms with Gasteiger partial charge in [-0.25, -0.2) is 9.18 Å². The van der Waals surface area contributed by atoms with Gasteiger partial charge in [-0.15, -0.1) is 0 Å². The molecule has 0 unspecified atom stereocenters. The van der Waals surface area contributed by atoms with Gasteiger partial charge in [0, 0.05) is 37.8 Å². The summed E-state index contributed by atoms with van der Waals surface area (Å²) >= 11 is 0. The topological polar surface area (TPSA) is 89.3 Å². The lowest BCUT2D eigenvalue weighted by atomic mass is 9.70. The van der Waals surface area contributed by atoms with Crippen LogP contribution in [0.2, 0.25) is 0 Å². The maximum absolute atomic E-state index is 13.8. The molecule has 5 rings (SSSR count). The van der Waals surface area contributed by atoms with Gasteiger partial charge in [0.1, 0.15) is 11.5 Å². The summed E-state index contributed by atoms with van der Waals surface area (Å²) in [6.45, 7) is 1.11. The van der Waals surface area contributed by atoms with Crippen molar-refractivity contribution in [3.8, 4) is 0 Å². The van der Waals surface area contributed by atoms with Crippen molar-refractivity contribution in [2.75, 3.05) is 13.1 Å². The van der Waals surface area contributed by atoms with Gasteiger partial charge in [0.15, 0.2) is 0 Å². The molecule has 2 aromatic rings. The van der Waals surface area contributed by atoms with Gasteiger partial charge in [0.2, 0.25) is 5.91 Å². The van der Waals surface area contributed by atoms with E-state index in [-0.39, 0.29) is 47.2 Å². The number of halogens is 1. The van der Waals surface area contributed by atoms with Gasteiger partial charge < -0.3 is 19.8 Å². The van der Waals surface area contributed by atoms with E-state index in [4.69, 9.17) is 0 Å². The van der Waals surface area contributed by atoms with E-state index in [1.807, 2.05) is 11.0 Å². The normalized spacial score (nSPS) is 28.4. The Labute approximate surface area is 173 Å². The summed E-state index contributed by atoms with van der Waals surface area (Å²) in [5, 5.41) is 0. The molecular formula is C22H25FN4O3. The number of amides is 2. The van der Waals surface area contributed by atoms with Crippen molar-refractivity contribution in [2.45, 2.75) is 44.2 Å². The number of carbonyl (C=O) groups is 2. The molecule has 4 heterocycles. The second-order valence-corrected chi connectivity index (χ2v) is 8.78. The lowest BCUT2D eigenvalue weighted by molar-refractivity contribution is -0.151. The van der Waals surface area contributed by atoms with Crippen LogP contribution in [-0.4, -0.2) is 56.8 Å². The highest BCUT2D eigenvalue weighted by atomic mass is 19.1. The Morgan fingerprint density at radius 1 is 1.20 bits per heavy atom. The summed E-state index contributed by atoms with van der Waals surface area (Å²) in [6, 6.07) is 6.61. The van der Waals surface area contributed by atoms with E-state index in [1.54, 1.807) is 6.07 Å². The third kappa shape index (κ3) is 3.34. The largest absolute Gasteiger partial charge is 0.337 e. The molecule has 3 aliphatic heterocycles. The average Bonchev–Trinajstić information content (AvgIpc) is 3.17. The Morgan fingerprint density at radius 3 is 2.80 bits per heavy atom. The quantitative estimate of drug-likeness (QED) is 0.807. The van der Waals surface area contributed by atoms with Gasteiger partial charge in [-0.2, -0.15) is 0 Å². The van der Waals surface area contributed by atoms with Gasteiger partial charge in [-0.3, -0.25) is 9.59 Å². The van der Waals surface area contributed by atoms with Gasteiger partial charge >= 0.3 is 5.69 Å².